The lowest BCUT2D eigenvalue weighted by Gasteiger charge is -2.28. The topological polar surface area (TPSA) is 71.0 Å². The van der Waals surface area contributed by atoms with Crippen LogP contribution in [0.1, 0.15) is 47.4 Å². The van der Waals surface area contributed by atoms with Crippen molar-refractivity contribution in [3.8, 4) is 0 Å². The Kier molecular flexibility index (Phi) is 4.78. The van der Waals surface area contributed by atoms with E-state index in [2.05, 4.69) is 21.4 Å². The van der Waals surface area contributed by atoms with Gasteiger partial charge in [0.2, 0.25) is 5.91 Å². The number of carbonyl (C=O) groups is 1. The SMILES string of the molecule is O=C(CCc1nc2ccccc2s1)N1CCc2nc([C@H]3CCCN3)ncc2C1. The molecule has 7 heteroatoms. The molecule has 2 aliphatic rings. The Balaban J connectivity index is 1.22. The second kappa shape index (κ2) is 7.56. The van der Waals surface area contributed by atoms with Gasteiger partial charge in [-0.2, -0.15) is 0 Å². The van der Waals surface area contributed by atoms with Crippen LogP contribution in [0.25, 0.3) is 10.2 Å². The molecule has 2 aliphatic heterocycles. The van der Waals surface area contributed by atoms with E-state index < -0.39 is 0 Å². The summed E-state index contributed by atoms with van der Waals surface area (Å²) in [6.45, 7) is 2.40. The molecule has 0 unspecified atom stereocenters. The Morgan fingerprint density at radius 1 is 1.29 bits per heavy atom. The number of carbonyl (C=O) groups excluding carboxylic acids is 1. The first kappa shape index (κ1) is 17.7. The Hall–Kier alpha value is -2.38. The summed E-state index contributed by atoms with van der Waals surface area (Å²) < 4.78 is 1.18. The number of aromatic nitrogens is 3. The highest BCUT2D eigenvalue weighted by Gasteiger charge is 2.25. The van der Waals surface area contributed by atoms with E-state index in [1.165, 1.54) is 11.1 Å². The second-order valence-electron chi connectivity index (χ2n) is 7.49. The van der Waals surface area contributed by atoms with Gasteiger partial charge in [-0.1, -0.05) is 12.1 Å². The first-order chi connectivity index (χ1) is 13.8. The van der Waals surface area contributed by atoms with Crippen LogP contribution in [0, 0.1) is 0 Å². The Bertz CT molecular complexity index is 978. The van der Waals surface area contributed by atoms with Crippen LogP contribution in [0.2, 0.25) is 0 Å². The van der Waals surface area contributed by atoms with E-state index in [-0.39, 0.29) is 5.91 Å². The summed E-state index contributed by atoms with van der Waals surface area (Å²) >= 11 is 1.68. The van der Waals surface area contributed by atoms with Gasteiger partial charge < -0.3 is 10.2 Å². The monoisotopic (exact) mass is 393 g/mol. The molecule has 0 bridgehead atoms. The van der Waals surface area contributed by atoms with Gasteiger partial charge in [-0.05, 0) is 31.5 Å². The molecule has 1 atom stereocenters. The Labute approximate surface area is 168 Å². The van der Waals surface area contributed by atoms with Crippen LogP contribution < -0.4 is 5.32 Å². The zero-order valence-electron chi connectivity index (χ0n) is 15.7. The molecule has 0 saturated carbocycles. The van der Waals surface area contributed by atoms with Crippen molar-refractivity contribution in [3.05, 3.63) is 52.6 Å². The van der Waals surface area contributed by atoms with Crippen LogP contribution in [-0.2, 0) is 24.2 Å². The van der Waals surface area contributed by atoms with Crippen LogP contribution >= 0.6 is 11.3 Å². The molecule has 1 N–H and O–H groups in total. The molecule has 0 radical (unpaired) electrons. The molecule has 2 aromatic heterocycles. The highest BCUT2D eigenvalue weighted by Crippen LogP contribution is 2.25. The van der Waals surface area contributed by atoms with Crippen molar-refractivity contribution in [1.82, 2.24) is 25.2 Å². The van der Waals surface area contributed by atoms with Gasteiger partial charge in [0, 0.05) is 44.1 Å². The summed E-state index contributed by atoms with van der Waals surface area (Å²) in [5.41, 5.74) is 3.21. The normalized spacial score (nSPS) is 19.1. The molecule has 1 fully saturated rings. The van der Waals surface area contributed by atoms with Crippen LogP contribution in [-0.4, -0.2) is 38.8 Å². The molecule has 6 nitrogen and oxygen atoms in total. The summed E-state index contributed by atoms with van der Waals surface area (Å²) in [7, 11) is 0. The predicted molar refractivity (Wildman–Crippen MR) is 109 cm³/mol. The fourth-order valence-corrected chi connectivity index (χ4v) is 4.98. The van der Waals surface area contributed by atoms with Gasteiger partial charge in [-0.15, -0.1) is 11.3 Å². The Morgan fingerprint density at radius 3 is 3.07 bits per heavy atom. The summed E-state index contributed by atoms with van der Waals surface area (Å²) in [5.74, 6) is 1.10. The largest absolute Gasteiger partial charge is 0.338 e. The van der Waals surface area contributed by atoms with E-state index in [1.807, 2.05) is 29.3 Å². The quantitative estimate of drug-likeness (QED) is 0.738. The van der Waals surface area contributed by atoms with E-state index in [0.717, 1.165) is 53.5 Å². The predicted octanol–water partition coefficient (Wildman–Crippen LogP) is 3.03. The maximum Gasteiger partial charge on any atom is 0.223 e. The third-order valence-electron chi connectivity index (χ3n) is 5.57. The molecule has 144 valence electrons. The second-order valence-corrected chi connectivity index (χ2v) is 8.60. The number of nitrogens with zero attached hydrogens (tertiary/aromatic N) is 4. The number of fused-ring (bicyclic) bond motifs is 2. The third-order valence-corrected chi connectivity index (χ3v) is 6.66. The maximum atomic E-state index is 12.7. The number of para-hydroxylation sites is 1. The number of thiazole rings is 1. The minimum Gasteiger partial charge on any atom is -0.338 e. The first-order valence-corrected chi connectivity index (χ1v) is 10.8. The Morgan fingerprint density at radius 2 is 2.21 bits per heavy atom. The van der Waals surface area contributed by atoms with Gasteiger partial charge in [-0.25, -0.2) is 15.0 Å². The fourth-order valence-electron chi connectivity index (χ4n) is 4.02. The van der Waals surface area contributed by atoms with Crippen molar-refractivity contribution in [2.75, 3.05) is 13.1 Å². The number of hydrogen-bond acceptors (Lipinski definition) is 6. The molecule has 0 spiro atoms. The average molecular weight is 394 g/mol. The summed E-state index contributed by atoms with van der Waals surface area (Å²) in [6.07, 6.45) is 6.22. The summed E-state index contributed by atoms with van der Waals surface area (Å²) in [4.78, 5) is 28.6. The smallest absolute Gasteiger partial charge is 0.223 e. The number of nitrogens with one attached hydrogen (secondary N) is 1. The van der Waals surface area contributed by atoms with Gasteiger partial charge in [-0.3, -0.25) is 4.79 Å². The van der Waals surface area contributed by atoms with Crippen LogP contribution in [0.4, 0.5) is 0 Å². The standard InChI is InChI=1S/C21H23N5OS/c27-20(8-7-19-24-16-4-1-2-6-18(16)28-19)26-11-9-15-14(13-26)12-23-21(25-15)17-5-3-10-22-17/h1-2,4,6,12,17,22H,3,5,7-11,13H2/t17-/m1/s1. The van der Waals surface area contributed by atoms with Crippen LogP contribution in [0.5, 0.6) is 0 Å². The van der Waals surface area contributed by atoms with Gasteiger partial charge in [0.05, 0.1) is 27.0 Å². The van der Waals surface area contributed by atoms with Crippen molar-refractivity contribution in [1.29, 1.82) is 0 Å². The summed E-state index contributed by atoms with van der Waals surface area (Å²) in [5, 5.41) is 4.49. The minimum absolute atomic E-state index is 0.187. The minimum atomic E-state index is 0.187. The molecule has 1 aromatic carbocycles. The number of benzene rings is 1. The number of rotatable bonds is 4. The van der Waals surface area contributed by atoms with Crippen molar-refractivity contribution >= 4 is 27.5 Å². The molecule has 0 aliphatic carbocycles. The average Bonchev–Trinajstić information content (AvgIpc) is 3.40. The fraction of sp³-hybridized carbons (Fsp3) is 0.429. The van der Waals surface area contributed by atoms with E-state index in [4.69, 9.17) is 4.98 Å². The highest BCUT2D eigenvalue weighted by atomic mass is 32.1. The molecule has 28 heavy (non-hydrogen) atoms. The lowest BCUT2D eigenvalue weighted by molar-refractivity contribution is -0.132. The van der Waals surface area contributed by atoms with Crippen molar-refractivity contribution < 1.29 is 4.79 Å². The van der Waals surface area contributed by atoms with Crippen molar-refractivity contribution in [2.45, 2.75) is 44.7 Å². The lowest BCUT2D eigenvalue weighted by Crippen LogP contribution is -2.37. The van der Waals surface area contributed by atoms with E-state index in [9.17, 15) is 4.79 Å². The summed E-state index contributed by atoms with van der Waals surface area (Å²) in [6, 6.07) is 8.41. The van der Waals surface area contributed by atoms with Gasteiger partial charge in [0.15, 0.2) is 0 Å². The lowest BCUT2D eigenvalue weighted by atomic mass is 10.1. The van der Waals surface area contributed by atoms with Gasteiger partial charge >= 0.3 is 0 Å². The number of aryl methyl sites for hydroxylation is 1. The molecule has 4 heterocycles. The van der Waals surface area contributed by atoms with E-state index in [0.29, 0.717) is 25.4 Å². The van der Waals surface area contributed by atoms with Crippen molar-refractivity contribution in [3.63, 3.8) is 0 Å². The molecular weight excluding hydrogens is 370 g/mol. The zero-order valence-corrected chi connectivity index (χ0v) is 16.5. The number of hydrogen-bond donors (Lipinski definition) is 1. The van der Waals surface area contributed by atoms with Crippen LogP contribution in [0.3, 0.4) is 0 Å². The third kappa shape index (κ3) is 3.52. The molecule has 1 amide bonds. The molecule has 5 rings (SSSR count). The highest BCUT2D eigenvalue weighted by molar-refractivity contribution is 7.18. The van der Waals surface area contributed by atoms with E-state index >= 15 is 0 Å². The van der Waals surface area contributed by atoms with Gasteiger partial charge in [0.25, 0.3) is 0 Å². The van der Waals surface area contributed by atoms with Gasteiger partial charge in [0.1, 0.15) is 5.82 Å². The number of amides is 1. The molecule has 1 saturated heterocycles. The van der Waals surface area contributed by atoms with Crippen LogP contribution in [0.15, 0.2) is 30.5 Å². The first-order valence-electron chi connectivity index (χ1n) is 9.96. The zero-order chi connectivity index (χ0) is 18.9. The molecular formula is C21H23N5OS. The molecule has 3 aromatic rings. The van der Waals surface area contributed by atoms with E-state index in [1.54, 1.807) is 11.3 Å². The maximum absolute atomic E-state index is 12.7. The van der Waals surface area contributed by atoms with Crippen molar-refractivity contribution in [2.24, 2.45) is 0 Å².